The van der Waals surface area contributed by atoms with Gasteiger partial charge in [0.25, 0.3) is 0 Å². The summed E-state index contributed by atoms with van der Waals surface area (Å²) in [4.78, 5) is 18.5. The molecule has 0 atom stereocenters. The van der Waals surface area contributed by atoms with E-state index in [0.29, 0.717) is 11.6 Å². The van der Waals surface area contributed by atoms with Crippen molar-refractivity contribution in [3.63, 3.8) is 0 Å². The molecule has 0 bridgehead atoms. The van der Waals surface area contributed by atoms with Crippen molar-refractivity contribution in [2.24, 2.45) is 0 Å². The maximum atomic E-state index is 11.8. The number of carbonyl (C=O) groups excluding carboxylic acids is 1. The Bertz CT molecular complexity index is 992. The minimum atomic E-state index is 0.487. The average molecular weight is 352 g/mol. The van der Waals surface area contributed by atoms with Crippen LogP contribution >= 0.6 is 22.7 Å². The Hall–Kier alpha value is -2.24. The normalized spacial score (nSPS) is 11.5. The van der Waals surface area contributed by atoms with Crippen LogP contribution in [0.3, 0.4) is 0 Å². The molecule has 5 heteroatoms. The van der Waals surface area contributed by atoms with Crippen LogP contribution in [0.2, 0.25) is 0 Å². The van der Waals surface area contributed by atoms with Crippen molar-refractivity contribution < 1.29 is 4.79 Å². The Morgan fingerprint density at radius 1 is 1.12 bits per heavy atom. The lowest BCUT2D eigenvalue weighted by Crippen LogP contribution is -1.94. The number of hydrogen-bond donors (Lipinski definition) is 0. The van der Waals surface area contributed by atoms with Gasteiger partial charge in [-0.2, -0.15) is 0 Å². The first-order chi connectivity index (χ1) is 11.7. The first kappa shape index (κ1) is 15.3. The summed E-state index contributed by atoms with van der Waals surface area (Å²) >= 11 is 3.23. The molecular formula is C19H16N2OS2. The second-order valence-corrected chi connectivity index (χ2v) is 7.74. The highest BCUT2D eigenvalue weighted by Gasteiger charge is 2.18. The van der Waals surface area contributed by atoms with Crippen molar-refractivity contribution in [2.45, 2.75) is 19.8 Å². The Kier molecular flexibility index (Phi) is 3.82. The smallest absolute Gasteiger partial charge is 0.195 e. The predicted octanol–water partition coefficient (Wildman–Crippen LogP) is 5.73. The number of aromatic nitrogens is 2. The topological polar surface area (TPSA) is 34.4 Å². The lowest BCUT2D eigenvalue weighted by Gasteiger charge is -2.06. The summed E-state index contributed by atoms with van der Waals surface area (Å²) in [7, 11) is 0. The molecule has 1 aromatic carbocycles. The fraction of sp³-hybridized carbons (Fsp3) is 0.158. The molecule has 0 saturated heterocycles. The highest BCUT2D eigenvalue weighted by Crippen LogP contribution is 2.34. The van der Waals surface area contributed by atoms with Gasteiger partial charge in [0.2, 0.25) is 0 Å². The predicted molar refractivity (Wildman–Crippen MR) is 101 cm³/mol. The molecule has 24 heavy (non-hydrogen) atoms. The summed E-state index contributed by atoms with van der Waals surface area (Å²) in [5, 5.41) is 4.11. The van der Waals surface area contributed by atoms with Gasteiger partial charge in [-0.15, -0.1) is 22.7 Å². The van der Waals surface area contributed by atoms with Crippen LogP contribution in [0.15, 0.2) is 47.2 Å². The summed E-state index contributed by atoms with van der Waals surface area (Å²) in [6.07, 6.45) is 0.912. The zero-order chi connectivity index (χ0) is 16.7. The molecule has 4 aromatic rings. The third kappa shape index (κ3) is 2.41. The number of thiophene rings is 1. The summed E-state index contributed by atoms with van der Waals surface area (Å²) in [6, 6.07) is 12.4. The second kappa shape index (κ2) is 6.00. The number of nitrogens with zero attached hydrogens (tertiary/aromatic N) is 2. The number of fused-ring (bicyclic) bond motifs is 1. The van der Waals surface area contributed by atoms with Gasteiger partial charge in [0.15, 0.2) is 11.2 Å². The van der Waals surface area contributed by atoms with Gasteiger partial charge in [-0.3, -0.25) is 9.20 Å². The monoisotopic (exact) mass is 352 g/mol. The van der Waals surface area contributed by atoms with Crippen molar-refractivity contribution in [3.05, 3.63) is 58.4 Å². The third-order valence-electron chi connectivity index (χ3n) is 4.14. The van der Waals surface area contributed by atoms with Crippen LogP contribution in [0.1, 0.15) is 35.8 Å². The van der Waals surface area contributed by atoms with Crippen LogP contribution in [0.25, 0.3) is 26.8 Å². The summed E-state index contributed by atoms with van der Waals surface area (Å²) < 4.78 is 1.97. The highest BCUT2D eigenvalue weighted by molar-refractivity contribution is 7.17. The number of rotatable bonds is 4. The van der Waals surface area contributed by atoms with Gasteiger partial charge in [-0.25, -0.2) is 4.98 Å². The molecule has 0 aliphatic carbocycles. The first-order valence-electron chi connectivity index (χ1n) is 7.78. The number of hydrogen-bond acceptors (Lipinski definition) is 4. The van der Waals surface area contributed by atoms with E-state index in [1.54, 1.807) is 22.7 Å². The SMILES string of the molecule is CC(C)c1ccc(-c2nc3scc(-c4cccs4)n3c2C=O)cc1. The molecule has 0 amide bonds. The number of carbonyl (C=O) groups is 1. The van der Waals surface area contributed by atoms with Crippen molar-refractivity contribution in [1.29, 1.82) is 0 Å². The molecule has 0 unspecified atom stereocenters. The minimum Gasteiger partial charge on any atom is -0.296 e. The number of aldehydes is 1. The van der Waals surface area contributed by atoms with Gasteiger partial charge in [-0.1, -0.05) is 44.2 Å². The van der Waals surface area contributed by atoms with Crippen LogP contribution in [0, 0.1) is 0 Å². The van der Waals surface area contributed by atoms with E-state index in [-0.39, 0.29) is 0 Å². The summed E-state index contributed by atoms with van der Waals surface area (Å²) in [5.74, 6) is 0.487. The van der Waals surface area contributed by atoms with Gasteiger partial charge in [-0.05, 0) is 22.9 Å². The van der Waals surface area contributed by atoms with E-state index in [0.717, 1.165) is 33.1 Å². The van der Waals surface area contributed by atoms with Gasteiger partial charge >= 0.3 is 0 Å². The number of benzene rings is 1. The molecule has 0 N–H and O–H groups in total. The maximum Gasteiger partial charge on any atom is 0.195 e. The van der Waals surface area contributed by atoms with Crippen LogP contribution in [0.4, 0.5) is 0 Å². The molecule has 3 nitrogen and oxygen atoms in total. The summed E-state index contributed by atoms with van der Waals surface area (Å²) in [6.45, 7) is 4.34. The maximum absolute atomic E-state index is 11.8. The first-order valence-corrected chi connectivity index (χ1v) is 9.54. The van der Waals surface area contributed by atoms with E-state index in [1.165, 1.54) is 5.56 Å². The lowest BCUT2D eigenvalue weighted by atomic mass is 10.0. The molecule has 3 heterocycles. The van der Waals surface area contributed by atoms with Gasteiger partial charge < -0.3 is 0 Å². The zero-order valence-corrected chi connectivity index (χ0v) is 15.0. The fourth-order valence-corrected chi connectivity index (χ4v) is 4.53. The molecule has 0 spiro atoms. The third-order valence-corrected chi connectivity index (χ3v) is 5.85. The molecule has 0 radical (unpaired) electrons. The van der Waals surface area contributed by atoms with E-state index in [9.17, 15) is 4.79 Å². The van der Waals surface area contributed by atoms with Gasteiger partial charge in [0.1, 0.15) is 11.4 Å². The largest absolute Gasteiger partial charge is 0.296 e. The average Bonchev–Trinajstić information content (AvgIpc) is 3.30. The van der Waals surface area contributed by atoms with Crippen molar-refractivity contribution >= 4 is 33.9 Å². The fourth-order valence-electron chi connectivity index (χ4n) is 2.82. The van der Waals surface area contributed by atoms with E-state index < -0.39 is 0 Å². The molecule has 0 saturated carbocycles. The number of thiazole rings is 1. The van der Waals surface area contributed by atoms with E-state index in [4.69, 9.17) is 4.98 Å². The molecular weight excluding hydrogens is 336 g/mol. The quantitative estimate of drug-likeness (QED) is 0.440. The Morgan fingerprint density at radius 2 is 1.92 bits per heavy atom. The molecule has 4 rings (SSSR count). The van der Waals surface area contributed by atoms with Crippen LogP contribution in [-0.2, 0) is 0 Å². The molecule has 120 valence electrons. The zero-order valence-electron chi connectivity index (χ0n) is 13.4. The van der Waals surface area contributed by atoms with E-state index in [1.807, 2.05) is 15.8 Å². The van der Waals surface area contributed by atoms with Gasteiger partial charge in [0.05, 0.1) is 10.6 Å². The minimum absolute atomic E-state index is 0.487. The lowest BCUT2D eigenvalue weighted by molar-refractivity contribution is 0.111. The Balaban J connectivity index is 1.89. The number of imidazole rings is 1. The summed E-state index contributed by atoms with van der Waals surface area (Å²) in [5.41, 5.74) is 4.67. The van der Waals surface area contributed by atoms with Gasteiger partial charge in [0, 0.05) is 10.9 Å². The molecule has 0 fully saturated rings. The van der Waals surface area contributed by atoms with Crippen molar-refractivity contribution in [1.82, 2.24) is 9.38 Å². The van der Waals surface area contributed by atoms with E-state index in [2.05, 4.69) is 49.6 Å². The molecule has 0 aliphatic heterocycles. The van der Waals surface area contributed by atoms with Crippen LogP contribution in [-0.4, -0.2) is 15.7 Å². The van der Waals surface area contributed by atoms with Crippen LogP contribution in [0.5, 0.6) is 0 Å². The van der Waals surface area contributed by atoms with Crippen molar-refractivity contribution in [3.8, 4) is 21.8 Å². The van der Waals surface area contributed by atoms with Crippen LogP contribution < -0.4 is 0 Å². The van der Waals surface area contributed by atoms with E-state index >= 15 is 0 Å². The Morgan fingerprint density at radius 3 is 2.54 bits per heavy atom. The standard InChI is InChI=1S/C19H16N2OS2/c1-12(2)13-5-7-14(8-6-13)18-15(10-22)21-16(11-24-19(21)20-18)17-4-3-9-23-17/h3-12H,1-2H3. The highest BCUT2D eigenvalue weighted by atomic mass is 32.1. The second-order valence-electron chi connectivity index (χ2n) is 5.96. The Labute approximate surface area is 148 Å². The molecule has 3 aromatic heterocycles. The van der Waals surface area contributed by atoms with Crippen molar-refractivity contribution in [2.75, 3.05) is 0 Å². The molecule has 0 aliphatic rings.